The van der Waals surface area contributed by atoms with Crippen molar-refractivity contribution in [2.45, 2.75) is 204 Å². The molecule has 1 aromatic carbocycles. The number of aliphatic hydroxyl groups is 5. The van der Waals surface area contributed by atoms with Crippen molar-refractivity contribution in [2.24, 2.45) is 17.8 Å². The molecule has 4 heterocycles. The molecule has 5 rings (SSSR count). The smallest absolute Gasteiger partial charge is 0.311 e. The lowest BCUT2D eigenvalue weighted by Gasteiger charge is -2.55. The van der Waals surface area contributed by atoms with Crippen molar-refractivity contribution in [3.8, 4) is 0 Å². The molecule has 0 unspecified atom stereocenters. The Balaban J connectivity index is 1.55. The summed E-state index contributed by atoms with van der Waals surface area (Å²) in [6.07, 6.45) is -6.89. The Morgan fingerprint density at radius 2 is 1.59 bits per heavy atom. The van der Waals surface area contributed by atoms with Gasteiger partial charge in [-0.2, -0.15) is 12.7 Å². The van der Waals surface area contributed by atoms with Gasteiger partial charge in [-0.05, 0) is 153 Å². The van der Waals surface area contributed by atoms with Crippen LogP contribution in [0.2, 0.25) is 0 Å². The molecule has 1 aromatic rings. The summed E-state index contributed by atoms with van der Waals surface area (Å²) >= 11 is 2.13. The summed E-state index contributed by atoms with van der Waals surface area (Å²) in [4.78, 5) is 16.8. The molecule has 20 heteroatoms. The highest BCUT2D eigenvalue weighted by Crippen LogP contribution is 2.44. The van der Waals surface area contributed by atoms with Crippen LogP contribution in [-0.2, 0) is 43.4 Å². The van der Waals surface area contributed by atoms with Crippen molar-refractivity contribution in [1.82, 2.24) is 14.5 Å². The van der Waals surface area contributed by atoms with Crippen molar-refractivity contribution in [1.29, 1.82) is 0 Å². The second-order valence-corrected chi connectivity index (χ2v) is 24.0. The number of ether oxygens (including phenoxy) is 6. The predicted molar refractivity (Wildman–Crippen MR) is 265 cm³/mol. The first-order chi connectivity index (χ1) is 31.6. The first kappa shape index (κ1) is 57.5. The van der Waals surface area contributed by atoms with Crippen LogP contribution in [0.15, 0.2) is 24.3 Å². The van der Waals surface area contributed by atoms with Crippen LogP contribution < -0.4 is 10.0 Å². The predicted octanol–water partition coefficient (Wildman–Crippen LogP) is 3.75. The Morgan fingerprint density at radius 3 is 2.19 bits per heavy atom. The van der Waals surface area contributed by atoms with Crippen LogP contribution in [0, 0.1) is 21.3 Å². The molecular weight excluding hydrogens is 1020 g/mol. The van der Waals surface area contributed by atoms with E-state index in [1.807, 2.05) is 13.8 Å². The van der Waals surface area contributed by atoms with E-state index in [0.717, 1.165) is 40.2 Å². The van der Waals surface area contributed by atoms with E-state index in [-0.39, 0.29) is 31.6 Å². The minimum atomic E-state index is -4.21. The molecule has 18 nitrogen and oxygen atoms in total. The molecule has 392 valence electrons. The number of carbonyl (C=O) groups is 1. The van der Waals surface area contributed by atoms with Crippen LogP contribution in [0.4, 0.5) is 5.69 Å². The van der Waals surface area contributed by atoms with Crippen molar-refractivity contribution < 1.29 is 67.2 Å². The van der Waals surface area contributed by atoms with E-state index in [2.05, 4.69) is 37.5 Å². The quantitative estimate of drug-likeness (QED) is 0.117. The highest BCUT2D eigenvalue weighted by molar-refractivity contribution is 14.1. The largest absolute Gasteiger partial charge is 0.459 e. The molecule has 0 aliphatic carbocycles. The van der Waals surface area contributed by atoms with Crippen LogP contribution in [0.1, 0.15) is 114 Å². The summed E-state index contributed by atoms with van der Waals surface area (Å²) in [6.45, 7) is 19.4. The standard InChI is InChI=1S/C48H83IN4O14S/c1-13-37-47(10,58)41(55)32(6)50-26-28(2)24-45(8,57)42(67-44-39(54)36(23-29(3)63-44)52(11)68(60,61)51-35-19-17-34(49)18-20-35)30(4)40(31(5)43(56)65-37)66-38-25-46(9,62-12)48(59,33(7)64-38)27-53-21-15-14-16-22-53/h17-20,28-33,36-42,44,50-51,54-55,57-59H,13-16,21-27H2,1-12H3/t28-,29+,30+,31-,32-,33+,36-,37-,38+,39+,40+,41-,42-,44-,45-,46-,47-,48+/m1/s1. The minimum absolute atomic E-state index is 0.0465. The highest BCUT2D eigenvalue weighted by atomic mass is 127. The first-order valence-corrected chi connectivity index (χ1v) is 27.0. The summed E-state index contributed by atoms with van der Waals surface area (Å²) in [6, 6.07) is 5.13. The number of nitrogens with one attached hydrogen (secondary N) is 2. The van der Waals surface area contributed by atoms with E-state index in [1.54, 1.807) is 72.7 Å². The van der Waals surface area contributed by atoms with Crippen molar-refractivity contribution in [3.63, 3.8) is 0 Å². The minimum Gasteiger partial charge on any atom is -0.459 e. The van der Waals surface area contributed by atoms with E-state index in [0.29, 0.717) is 18.8 Å². The average Bonchev–Trinajstić information content (AvgIpc) is 3.27. The van der Waals surface area contributed by atoms with E-state index in [4.69, 9.17) is 28.4 Å². The van der Waals surface area contributed by atoms with Crippen LogP contribution in [0.25, 0.3) is 0 Å². The third-order valence-electron chi connectivity index (χ3n) is 15.4. The van der Waals surface area contributed by atoms with Crippen LogP contribution in [0.5, 0.6) is 0 Å². The number of likely N-dealkylation sites (tertiary alicyclic amines) is 1. The van der Waals surface area contributed by atoms with Gasteiger partial charge in [0.25, 0.3) is 0 Å². The Labute approximate surface area is 418 Å². The molecule has 0 spiro atoms. The lowest BCUT2D eigenvalue weighted by molar-refractivity contribution is -0.339. The lowest BCUT2D eigenvalue weighted by Crippen LogP contribution is -2.70. The van der Waals surface area contributed by atoms with Crippen LogP contribution in [-0.4, -0.2) is 179 Å². The number of anilines is 1. The number of methoxy groups -OCH3 is 1. The van der Waals surface area contributed by atoms with Gasteiger partial charge in [-0.15, -0.1) is 0 Å². The lowest BCUT2D eigenvalue weighted by atomic mass is 9.74. The van der Waals surface area contributed by atoms with Crippen LogP contribution >= 0.6 is 22.6 Å². The Bertz CT molecular complexity index is 1900. The fourth-order valence-electron chi connectivity index (χ4n) is 10.9. The van der Waals surface area contributed by atoms with Crippen molar-refractivity contribution in [3.05, 3.63) is 27.8 Å². The SMILES string of the molecule is CC[C@H]1OC(=O)[C@H](C)[C@@H](O[C@H]2C[C@@](C)(OC)[C@](O)(CN3CCCCC3)[C@H](C)O2)[C@H](C)[C@@H](O[C@H]2O[C@@H](C)C[C@@H](N(C)S(=O)(=O)Nc3ccc(I)cc3)[C@@H]2O)[C@](C)(O)C[C@@H](C)CN[C@H](C)[C@@H](O)[C@]1(C)O. The number of carbonyl (C=O) groups excluding carboxylic acids is 1. The molecular formula is C48H83IN4O14S. The van der Waals surface area contributed by atoms with Crippen LogP contribution in [0.3, 0.4) is 0 Å². The van der Waals surface area contributed by atoms with E-state index >= 15 is 0 Å². The third kappa shape index (κ3) is 13.1. The molecule has 4 saturated heterocycles. The number of nitrogens with zero attached hydrogens (tertiary/aromatic N) is 2. The summed E-state index contributed by atoms with van der Waals surface area (Å²) in [7, 11) is -1.30. The van der Waals surface area contributed by atoms with E-state index < -0.39 is 118 Å². The Morgan fingerprint density at radius 1 is 0.956 bits per heavy atom. The van der Waals surface area contributed by atoms with Gasteiger partial charge in [-0.1, -0.05) is 27.2 Å². The number of likely N-dealkylation sites (N-methyl/N-ethyl adjacent to an activating group) is 1. The number of β-amino-alcohol motifs (C(OH)–C–C–N with tert-alkyl or cyclic N) is 1. The molecule has 4 fully saturated rings. The van der Waals surface area contributed by atoms with Crippen molar-refractivity contribution >= 4 is 44.5 Å². The normalized spacial score (nSPS) is 43.3. The monoisotopic (exact) mass is 1100 g/mol. The van der Waals surface area contributed by atoms with Gasteiger partial charge in [0.1, 0.15) is 35.1 Å². The van der Waals surface area contributed by atoms with Gasteiger partial charge in [0, 0.05) is 48.3 Å². The number of esters is 1. The number of cyclic esters (lactones) is 1. The number of rotatable bonds is 12. The highest BCUT2D eigenvalue weighted by Gasteiger charge is 2.59. The molecule has 0 amide bonds. The number of piperidine rings is 1. The summed E-state index contributed by atoms with van der Waals surface area (Å²) in [5, 5.41) is 64.0. The molecule has 0 bridgehead atoms. The zero-order chi connectivity index (χ0) is 50.7. The molecule has 0 radical (unpaired) electrons. The molecule has 18 atom stereocenters. The van der Waals surface area contributed by atoms with Gasteiger partial charge in [0.2, 0.25) is 0 Å². The summed E-state index contributed by atoms with van der Waals surface area (Å²) in [5.74, 6) is -3.11. The van der Waals surface area contributed by atoms with Gasteiger partial charge in [0.05, 0.1) is 42.0 Å². The molecule has 7 N–H and O–H groups in total. The number of benzene rings is 1. The maximum atomic E-state index is 14.6. The maximum absolute atomic E-state index is 14.6. The fourth-order valence-corrected chi connectivity index (χ4v) is 12.4. The average molecular weight is 1100 g/mol. The number of hydrogen-bond donors (Lipinski definition) is 7. The zero-order valence-electron chi connectivity index (χ0n) is 42.3. The van der Waals surface area contributed by atoms with Crippen molar-refractivity contribution in [2.75, 3.05) is 45.1 Å². The summed E-state index contributed by atoms with van der Waals surface area (Å²) < 4.78 is 71.0. The zero-order valence-corrected chi connectivity index (χ0v) is 45.2. The van der Waals surface area contributed by atoms with E-state index in [9.17, 15) is 38.7 Å². The molecule has 4 aliphatic rings. The first-order valence-electron chi connectivity index (χ1n) is 24.5. The molecule has 0 saturated carbocycles. The third-order valence-corrected chi connectivity index (χ3v) is 17.6. The second-order valence-electron chi connectivity index (χ2n) is 21.0. The molecule has 68 heavy (non-hydrogen) atoms. The molecule has 0 aromatic heterocycles. The second kappa shape index (κ2) is 23.2. The van der Waals surface area contributed by atoms with Gasteiger partial charge < -0.3 is 64.2 Å². The molecule has 4 aliphatic heterocycles. The fraction of sp³-hybridized carbons (Fsp3) is 0.854. The van der Waals surface area contributed by atoms with E-state index in [1.165, 1.54) is 21.1 Å². The Kier molecular flexibility index (Phi) is 19.7. The summed E-state index contributed by atoms with van der Waals surface area (Å²) in [5.41, 5.74) is -5.92. The van der Waals surface area contributed by atoms with Gasteiger partial charge >= 0.3 is 16.2 Å². The Hall–Kier alpha value is -1.35. The van der Waals surface area contributed by atoms with Gasteiger partial charge in [0.15, 0.2) is 12.6 Å². The number of aliphatic hydroxyl groups excluding tert-OH is 2. The number of hydrogen-bond acceptors (Lipinski definition) is 16. The van der Waals surface area contributed by atoms with Gasteiger partial charge in [-0.3, -0.25) is 9.52 Å². The topological polar surface area (TPSA) is 238 Å². The van der Waals surface area contributed by atoms with Gasteiger partial charge in [-0.25, -0.2) is 0 Å². The maximum Gasteiger partial charge on any atom is 0.311 e. The number of halogens is 1.